The number of benzene rings is 1. The maximum Gasteiger partial charge on any atom is 0.0505 e. The van der Waals surface area contributed by atoms with Crippen molar-refractivity contribution in [2.45, 2.75) is 19.3 Å². The normalized spacial score (nSPS) is 17.3. The van der Waals surface area contributed by atoms with Crippen LogP contribution in [0.25, 0.3) is 0 Å². The second-order valence-electron chi connectivity index (χ2n) is 4.69. The van der Waals surface area contributed by atoms with Gasteiger partial charge in [-0.1, -0.05) is 46.3 Å². The van der Waals surface area contributed by atoms with Crippen LogP contribution in [0.4, 0.5) is 0 Å². The lowest BCUT2D eigenvalue weighted by molar-refractivity contribution is 0.0979. The molecule has 1 aromatic rings. The standard InChI is InChI=1S/C14H19BrO/c15-9-14(11-16-10-13-6-7-13)8-12-4-2-1-3-5-12/h1-5,13-14H,6-11H2. The lowest BCUT2D eigenvalue weighted by Crippen LogP contribution is -2.15. The van der Waals surface area contributed by atoms with E-state index in [1.165, 1.54) is 18.4 Å². The molecule has 0 spiro atoms. The van der Waals surface area contributed by atoms with Crippen molar-refractivity contribution in [1.29, 1.82) is 0 Å². The monoisotopic (exact) mass is 282 g/mol. The second-order valence-corrected chi connectivity index (χ2v) is 5.34. The average Bonchev–Trinajstić information content (AvgIpc) is 3.13. The molecule has 1 saturated carbocycles. The fourth-order valence-electron chi connectivity index (χ4n) is 1.79. The van der Waals surface area contributed by atoms with Gasteiger partial charge in [-0.3, -0.25) is 0 Å². The molecule has 1 fully saturated rings. The highest BCUT2D eigenvalue weighted by atomic mass is 79.9. The lowest BCUT2D eigenvalue weighted by Gasteiger charge is -2.14. The van der Waals surface area contributed by atoms with E-state index in [9.17, 15) is 0 Å². The van der Waals surface area contributed by atoms with Gasteiger partial charge in [-0.25, -0.2) is 0 Å². The molecule has 88 valence electrons. The highest BCUT2D eigenvalue weighted by Crippen LogP contribution is 2.29. The van der Waals surface area contributed by atoms with E-state index in [0.717, 1.165) is 30.9 Å². The molecule has 1 aliphatic carbocycles. The van der Waals surface area contributed by atoms with Crippen molar-refractivity contribution in [1.82, 2.24) is 0 Å². The van der Waals surface area contributed by atoms with E-state index in [1.54, 1.807) is 0 Å². The topological polar surface area (TPSA) is 9.23 Å². The first-order chi connectivity index (χ1) is 7.88. The van der Waals surface area contributed by atoms with Crippen molar-refractivity contribution in [2.75, 3.05) is 18.5 Å². The summed E-state index contributed by atoms with van der Waals surface area (Å²) in [5.74, 6) is 1.47. The van der Waals surface area contributed by atoms with Crippen molar-refractivity contribution < 1.29 is 4.74 Å². The predicted octanol–water partition coefficient (Wildman–Crippen LogP) is 3.67. The predicted molar refractivity (Wildman–Crippen MR) is 71.0 cm³/mol. The number of hydrogen-bond acceptors (Lipinski definition) is 1. The van der Waals surface area contributed by atoms with Gasteiger partial charge in [-0.2, -0.15) is 0 Å². The fourth-order valence-corrected chi connectivity index (χ4v) is 2.21. The molecule has 1 nitrogen and oxygen atoms in total. The molecule has 2 rings (SSSR count). The summed E-state index contributed by atoms with van der Waals surface area (Å²) in [6.45, 7) is 1.86. The molecule has 0 aromatic heterocycles. The quantitative estimate of drug-likeness (QED) is 0.694. The number of halogens is 1. The molecule has 1 unspecified atom stereocenters. The zero-order valence-electron chi connectivity index (χ0n) is 9.57. The van der Waals surface area contributed by atoms with Crippen LogP contribution in [0.1, 0.15) is 18.4 Å². The van der Waals surface area contributed by atoms with Gasteiger partial charge in [0.15, 0.2) is 0 Å². The minimum Gasteiger partial charge on any atom is -0.381 e. The van der Waals surface area contributed by atoms with Gasteiger partial charge in [0, 0.05) is 11.9 Å². The Balaban J connectivity index is 1.71. The molecule has 0 aliphatic heterocycles. The van der Waals surface area contributed by atoms with E-state index >= 15 is 0 Å². The molecule has 2 heteroatoms. The van der Waals surface area contributed by atoms with Gasteiger partial charge in [0.2, 0.25) is 0 Å². The third kappa shape index (κ3) is 4.26. The number of rotatable bonds is 7. The molecule has 0 amide bonds. The minimum absolute atomic E-state index is 0.598. The van der Waals surface area contributed by atoms with Gasteiger partial charge in [0.25, 0.3) is 0 Å². The van der Waals surface area contributed by atoms with Crippen molar-refractivity contribution in [3.8, 4) is 0 Å². The average molecular weight is 283 g/mol. The first-order valence-electron chi connectivity index (χ1n) is 6.06. The summed E-state index contributed by atoms with van der Waals surface area (Å²) < 4.78 is 5.75. The Labute approximate surface area is 106 Å². The first-order valence-corrected chi connectivity index (χ1v) is 7.18. The molecule has 1 aliphatic rings. The maximum absolute atomic E-state index is 5.75. The van der Waals surface area contributed by atoms with Crippen molar-refractivity contribution in [3.63, 3.8) is 0 Å². The van der Waals surface area contributed by atoms with E-state index in [0.29, 0.717) is 5.92 Å². The van der Waals surface area contributed by atoms with Crippen LogP contribution in [0.15, 0.2) is 30.3 Å². The molecule has 0 bridgehead atoms. The smallest absolute Gasteiger partial charge is 0.0505 e. The molecule has 1 aromatic carbocycles. The highest BCUT2D eigenvalue weighted by Gasteiger charge is 2.21. The molecular formula is C14H19BrO. The Morgan fingerprint density at radius 3 is 2.62 bits per heavy atom. The minimum atomic E-state index is 0.598. The maximum atomic E-state index is 5.75. The third-order valence-electron chi connectivity index (χ3n) is 2.99. The van der Waals surface area contributed by atoms with Gasteiger partial charge in [0.1, 0.15) is 0 Å². The zero-order chi connectivity index (χ0) is 11.2. The Bertz CT molecular complexity index is 295. The van der Waals surface area contributed by atoms with Crippen LogP contribution in [-0.2, 0) is 11.2 Å². The summed E-state index contributed by atoms with van der Waals surface area (Å²) in [5, 5.41) is 1.02. The summed E-state index contributed by atoms with van der Waals surface area (Å²) in [7, 11) is 0. The molecule has 0 heterocycles. The number of hydrogen-bond donors (Lipinski definition) is 0. The van der Waals surface area contributed by atoms with Crippen molar-refractivity contribution in [3.05, 3.63) is 35.9 Å². The van der Waals surface area contributed by atoms with E-state index in [2.05, 4.69) is 46.3 Å². The summed E-state index contributed by atoms with van der Waals surface area (Å²) in [6.07, 6.45) is 3.85. The third-order valence-corrected chi connectivity index (χ3v) is 3.91. The number of alkyl halides is 1. The van der Waals surface area contributed by atoms with Crippen LogP contribution in [-0.4, -0.2) is 18.5 Å². The summed E-state index contributed by atoms with van der Waals surface area (Å²) in [4.78, 5) is 0. The molecule has 1 atom stereocenters. The zero-order valence-corrected chi connectivity index (χ0v) is 11.2. The Hall–Kier alpha value is -0.340. The fraction of sp³-hybridized carbons (Fsp3) is 0.571. The van der Waals surface area contributed by atoms with Gasteiger partial charge < -0.3 is 4.74 Å². The van der Waals surface area contributed by atoms with Gasteiger partial charge in [-0.15, -0.1) is 0 Å². The first kappa shape index (κ1) is 12.1. The highest BCUT2D eigenvalue weighted by molar-refractivity contribution is 9.09. The molecule has 16 heavy (non-hydrogen) atoms. The van der Waals surface area contributed by atoms with Gasteiger partial charge >= 0.3 is 0 Å². The van der Waals surface area contributed by atoms with Crippen LogP contribution in [0.2, 0.25) is 0 Å². The molecule has 0 radical (unpaired) electrons. The summed E-state index contributed by atoms with van der Waals surface area (Å²) >= 11 is 3.58. The van der Waals surface area contributed by atoms with Crippen LogP contribution < -0.4 is 0 Å². The Morgan fingerprint density at radius 2 is 2.00 bits per heavy atom. The van der Waals surface area contributed by atoms with Gasteiger partial charge in [-0.05, 0) is 36.7 Å². The van der Waals surface area contributed by atoms with E-state index in [1.807, 2.05) is 0 Å². The molecular weight excluding hydrogens is 264 g/mol. The van der Waals surface area contributed by atoms with Crippen LogP contribution >= 0.6 is 15.9 Å². The largest absolute Gasteiger partial charge is 0.381 e. The second kappa shape index (κ2) is 6.41. The Morgan fingerprint density at radius 1 is 1.25 bits per heavy atom. The molecule has 0 N–H and O–H groups in total. The van der Waals surface area contributed by atoms with E-state index in [-0.39, 0.29) is 0 Å². The summed E-state index contributed by atoms with van der Waals surface area (Å²) in [5.41, 5.74) is 1.40. The Kier molecular flexibility index (Phi) is 4.86. The van der Waals surface area contributed by atoms with Crippen LogP contribution in [0, 0.1) is 11.8 Å². The van der Waals surface area contributed by atoms with Crippen molar-refractivity contribution >= 4 is 15.9 Å². The van der Waals surface area contributed by atoms with Crippen LogP contribution in [0.5, 0.6) is 0 Å². The number of ether oxygens (including phenoxy) is 1. The van der Waals surface area contributed by atoms with E-state index < -0.39 is 0 Å². The van der Waals surface area contributed by atoms with Crippen LogP contribution in [0.3, 0.4) is 0 Å². The SMILES string of the molecule is BrCC(COCC1CC1)Cc1ccccc1. The van der Waals surface area contributed by atoms with Gasteiger partial charge in [0.05, 0.1) is 6.61 Å². The lowest BCUT2D eigenvalue weighted by atomic mass is 10.0. The summed E-state index contributed by atoms with van der Waals surface area (Å²) in [6, 6.07) is 10.7. The van der Waals surface area contributed by atoms with E-state index in [4.69, 9.17) is 4.74 Å². The molecule has 0 saturated heterocycles. The van der Waals surface area contributed by atoms with Crippen molar-refractivity contribution in [2.24, 2.45) is 11.8 Å².